The minimum atomic E-state index is -0.739. The Hall–Kier alpha value is -3.25. The van der Waals surface area contributed by atoms with E-state index < -0.39 is 12.1 Å². The van der Waals surface area contributed by atoms with Crippen LogP contribution < -0.4 is 11.1 Å². The molecular formula is C36H45N3O3. The van der Waals surface area contributed by atoms with Crippen molar-refractivity contribution in [2.75, 3.05) is 0 Å². The number of pyridine rings is 1. The van der Waals surface area contributed by atoms with Crippen LogP contribution in [0.4, 0.5) is 0 Å². The molecule has 3 N–H and O–H groups in total. The van der Waals surface area contributed by atoms with E-state index in [0.717, 1.165) is 37.7 Å². The summed E-state index contributed by atoms with van der Waals surface area (Å²) in [6.45, 7) is 6.64. The van der Waals surface area contributed by atoms with Gasteiger partial charge in [0.25, 0.3) is 0 Å². The molecule has 1 heterocycles. The van der Waals surface area contributed by atoms with E-state index in [4.69, 9.17) is 10.5 Å². The molecule has 0 bridgehead atoms. The monoisotopic (exact) mass is 567 g/mol. The Morgan fingerprint density at radius 2 is 1.81 bits per heavy atom. The highest BCUT2D eigenvalue weighted by molar-refractivity contribution is 5.87. The molecule has 4 aliphatic carbocycles. The number of hydrogen-bond donors (Lipinski definition) is 2. The smallest absolute Gasteiger partial charge is 0.328 e. The number of nitrogens with zero attached hydrogens (tertiary/aromatic N) is 1. The number of allylic oxidation sites excluding steroid dienone is 3. The molecule has 222 valence electrons. The van der Waals surface area contributed by atoms with Gasteiger partial charge < -0.3 is 15.8 Å². The highest BCUT2D eigenvalue weighted by Crippen LogP contribution is 2.66. The molecule has 0 radical (unpaired) electrons. The van der Waals surface area contributed by atoms with Crippen LogP contribution in [-0.4, -0.2) is 35.0 Å². The van der Waals surface area contributed by atoms with Crippen LogP contribution >= 0.6 is 0 Å². The van der Waals surface area contributed by atoms with Gasteiger partial charge in [-0.05, 0) is 103 Å². The average molecular weight is 568 g/mol. The zero-order valence-corrected chi connectivity index (χ0v) is 25.2. The third-order valence-corrected chi connectivity index (χ3v) is 11.2. The number of fused-ring (bicyclic) bond motifs is 5. The van der Waals surface area contributed by atoms with Gasteiger partial charge in [-0.3, -0.25) is 9.78 Å². The molecule has 0 spiro atoms. The first-order chi connectivity index (χ1) is 20.2. The van der Waals surface area contributed by atoms with E-state index in [1.807, 2.05) is 42.7 Å². The first kappa shape index (κ1) is 28.9. The maximum atomic E-state index is 13.0. The predicted octanol–water partition coefficient (Wildman–Crippen LogP) is 6.02. The van der Waals surface area contributed by atoms with E-state index in [9.17, 15) is 9.59 Å². The summed E-state index contributed by atoms with van der Waals surface area (Å²) in [6, 6.07) is 12.5. The summed E-state index contributed by atoms with van der Waals surface area (Å²) in [4.78, 5) is 30.1. The second-order valence-corrected chi connectivity index (χ2v) is 13.6. The summed E-state index contributed by atoms with van der Waals surface area (Å²) in [7, 11) is 0. The van der Waals surface area contributed by atoms with E-state index in [2.05, 4.69) is 48.4 Å². The fourth-order valence-corrected chi connectivity index (χ4v) is 8.87. The van der Waals surface area contributed by atoms with Crippen LogP contribution in [0.3, 0.4) is 0 Å². The van der Waals surface area contributed by atoms with Crippen molar-refractivity contribution < 1.29 is 14.3 Å². The molecule has 1 amide bonds. The van der Waals surface area contributed by atoms with Gasteiger partial charge >= 0.3 is 5.97 Å². The maximum Gasteiger partial charge on any atom is 0.328 e. The van der Waals surface area contributed by atoms with Crippen LogP contribution in [0.5, 0.6) is 0 Å². The van der Waals surface area contributed by atoms with Crippen LogP contribution in [0.1, 0.15) is 76.8 Å². The minimum absolute atomic E-state index is 0.148. The molecular weight excluding hydrogens is 522 g/mol. The summed E-state index contributed by atoms with van der Waals surface area (Å²) in [5.41, 5.74) is 11.7. The van der Waals surface area contributed by atoms with Crippen LogP contribution in [0.25, 0.3) is 5.57 Å². The summed E-state index contributed by atoms with van der Waals surface area (Å²) in [5.74, 6) is 1.29. The largest absolute Gasteiger partial charge is 0.461 e. The van der Waals surface area contributed by atoms with Gasteiger partial charge in [0, 0.05) is 18.8 Å². The van der Waals surface area contributed by atoms with Gasteiger partial charge in [0.15, 0.2) is 0 Å². The van der Waals surface area contributed by atoms with Gasteiger partial charge in [0.1, 0.15) is 12.1 Å². The van der Waals surface area contributed by atoms with Crippen LogP contribution in [0.15, 0.2) is 72.6 Å². The normalized spacial score (nSPS) is 33.1. The summed E-state index contributed by atoms with van der Waals surface area (Å²) >= 11 is 0. The number of amides is 1. The topological polar surface area (TPSA) is 94.3 Å². The van der Waals surface area contributed by atoms with Crippen molar-refractivity contribution in [2.24, 2.45) is 34.3 Å². The molecule has 2 fully saturated rings. The van der Waals surface area contributed by atoms with Gasteiger partial charge in [-0.2, -0.15) is 0 Å². The van der Waals surface area contributed by atoms with Gasteiger partial charge in [0.2, 0.25) is 5.91 Å². The first-order valence-electron chi connectivity index (χ1n) is 15.8. The molecule has 6 heteroatoms. The van der Waals surface area contributed by atoms with E-state index in [1.165, 1.54) is 29.6 Å². The van der Waals surface area contributed by atoms with Crippen molar-refractivity contribution in [3.63, 3.8) is 0 Å². The summed E-state index contributed by atoms with van der Waals surface area (Å²) in [5, 5.41) is 2.77. The zero-order valence-electron chi connectivity index (χ0n) is 25.2. The quantitative estimate of drug-likeness (QED) is 0.315. The Kier molecular flexibility index (Phi) is 7.86. The number of nitrogens with two attached hydrogens (primary N) is 1. The molecule has 0 saturated heterocycles. The number of esters is 1. The summed E-state index contributed by atoms with van der Waals surface area (Å²) < 4.78 is 5.98. The molecule has 0 aliphatic heterocycles. The minimum Gasteiger partial charge on any atom is -0.461 e. The molecule has 6 rings (SSSR count). The summed E-state index contributed by atoms with van der Waals surface area (Å²) in [6.07, 6.45) is 16.5. The van der Waals surface area contributed by atoms with Crippen molar-refractivity contribution >= 4 is 17.4 Å². The third-order valence-electron chi connectivity index (χ3n) is 11.2. The lowest BCUT2D eigenvalue weighted by Crippen LogP contribution is -2.51. The second-order valence-electron chi connectivity index (χ2n) is 13.6. The molecule has 4 aliphatic rings. The number of hydrogen-bond acceptors (Lipinski definition) is 5. The number of aromatic nitrogens is 1. The van der Waals surface area contributed by atoms with Gasteiger partial charge in [-0.1, -0.05) is 68.0 Å². The van der Waals surface area contributed by atoms with Gasteiger partial charge in [-0.15, -0.1) is 0 Å². The predicted molar refractivity (Wildman–Crippen MR) is 165 cm³/mol. The van der Waals surface area contributed by atoms with Crippen molar-refractivity contribution in [3.05, 3.63) is 83.7 Å². The Bertz CT molecular complexity index is 1370. The van der Waals surface area contributed by atoms with Gasteiger partial charge in [0.05, 0.1) is 6.04 Å². The number of benzene rings is 1. The maximum absolute atomic E-state index is 13.0. The van der Waals surface area contributed by atoms with E-state index in [0.29, 0.717) is 24.2 Å². The molecule has 1 aromatic heterocycles. The Balaban J connectivity index is 1.06. The molecule has 1 aromatic carbocycles. The van der Waals surface area contributed by atoms with Crippen LogP contribution in [0.2, 0.25) is 0 Å². The van der Waals surface area contributed by atoms with E-state index >= 15 is 0 Å². The lowest BCUT2D eigenvalue weighted by Gasteiger charge is -2.57. The number of ether oxygens (including phenoxy) is 1. The zero-order chi connectivity index (χ0) is 29.5. The van der Waals surface area contributed by atoms with Crippen LogP contribution in [0, 0.1) is 28.6 Å². The highest BCUT2D eigenvalue weighted by Gasteiger charge is 2.57. The fourth-order valence-electron chi connectivity index (χ4n) is 8.87. The van der Waals surface area contributed by atoms with Crippen molar-refractivity contribution in [1.82, 2.24) is 10.3 Å². The molecule has 6 nitrogen and oxygen atoms in total. The van der Waals surface area contributed by atoms with Crippen molar-refractivity contribution in [3.8, 4) is 0 Å². The molecule has 2 saturated carbocycles. The molecule has 2 unspecified atom stereocenters. The Labute approximate surface area is 250 Å². The van der Waals surface area contributed by atoms with E-state index in [-0.39, 0.29) is 28.8 Å². The molecule has 8 atom stereocenters. The van der Waals surface area contributed by atoms with Crippen LogP contribution in [-0.2, 0) is 20.7 Å². The SMILES string of the molecule is CC(NC(=O)C(N)Cc1ccccc1)C(=O)O[C@H]1CC[C@@]2(C)C(=CC[C@@H]3[C@@H]2CC[C@]2(C)C(c4cccnc4)=CC[C@@H]32)C1. The molecule has 42 heavy (non-hydrogen) atoms. The number of nitrogens with one attached hydrogen (secondary N) is 1. The number of carbonyl (C=O) groups is 2. The Morgan fingerprint density at radius 1 is 1.02 bits per heavy atom. The van der Waals surface area contributed by atoms with E-state index in [1.54, 1.807) is 6.92 Å². The Morgan fingerprint density at radius 3 is 2.57 bits per heavy atom. The van der Waals surface area contributed by atoms with Gasteiger partial charge in [-0.25, -0.2) is 4.79 Å². The van der Waals surface area contributed by atoms with Crippen molar-refractivity contribution in [2.45, 2.75) is 90.3 Å². The average Bonchev–Trinajstić information content (AvgIpc) is 3.35. The lowest BCUT2D eigenvalue weighted by molar-refractivity contribution is -0.154. The first-order valence-corrected chi connectivity index (χ1v) is 15.8. The lowest BCUT2D eigenvalue weighted by atomic mass is 9.47. The number of carbonyl (C=O) groups excluding carboxylic acids is 2. The fraction of sp³-hybridized carbons (Fsp3) is 0.528. The molecule has 2 aromatic rings. The number of rotatable bonds is 7. The third kappa shape index (κ3) is 5.23. The highest BCUT2D eigenvalue weighted by atomic mass is 16.5. The standard InChI is InChI=1S/C36H45N3O3/c1-23(39-33(40)32(37)20-24-8-5-4-6-9-24)34(41)42-27-15-17-35(2)26(21-27)11-12-28-30-14-13-29(25-10-7-19-38-22-25)36(30,3)18-16-31(28)35/h4-11,13,19,22-23,27-28,30-32H,12,14-18,20-21,37H2,1-3H3,(H,39,40)/t23?,27-,28-,30-,31-,32?,35-,36+/m0/s1. The second kappa shape index (κ2) is 11.4. The van der Waals surface area contributed by atoms with Crippen molar-refractivity contribution in [1.29, 1.82) is 0 Å².